The fraction of sp³-hybridized carbons (Fsp3) is 0.583. The number of carbonyl (C=O) groups is 1. The van der Waals surface area contributed by atoms with Gasteiger partial charge < -0.3 is 4.42 Å². The van der Waals surface area contributed by atoms with Crippen molar-refractivity contribution in [3.05, 3.63) is 17.9 Å². The van der Waals surface area contributed by atoms with Crippen molar-refractivity contribution in [1.29, 1.82) is 0 Å². The highest BCUT2D eigenvalue weighted by atomic mass is 32.2. The van der Waals surface area contributed by atoms with Crippen LogP contribution in [0.5, 0.6) is 0 Å². The monoisotopic (exact) mass is 286 g/mol. The number of hydrogen-bond acceptors (Lipinski definition) is 5. The van der Waals surface area contributed by atoms with Crippen LogP contribution in [0, 0.1) is 0 Å². The van der Waals surface area contributed by atoms with Crippen molar-refractivity contribution < 1.29 is 17.6 Å². The Morgan fingerprint density at radius 2 is 2.32 bits per heavy atom. The van der Waals surface area contributed by atoms with E-state index < -0.39 is 10.0 Å². The van der Waals surface area contributed by atoms with Gasteiger partial charge in [-0.1, -0.05) is 6.92 Å². The average molecular weight is 286 g/mol. The van der Waals surface area contributed by atoms with Gasteiger partial charge in [-0.05, 0) is 38.1 Å². The second kappa shape index (κ2) is 5.85. The zero-order valence-corrected chi connectivity index (χ0v) is 11.6. The quantitative estimate of drug-likeness (QED) is 0.784. The predicted octanol–water partition coefficient (Wildman–Crippen LogP) is 0.855. The standard InChI is InChI=1S/C12H18N2O4S/c1-2-14-7-3-4-10(14)8-13-19(16,17)12-6-5-11(9-15)18-12/h5-6,9-10,13H,2-4,7-8H2,1H3. The first kappa shape index (κ1) is 14.2. The number of likely N-dealkylation sites (N-methyl/N-ethyl adjacent to an activating group) is 1. The molecule has 1 atom stereocenters. The summed E-state index contributed by atoms with van der Waals surface area (Å²) >= 11 is 0. The molecule has 1 fully saturated rings. The van der Waals surface area contributed by atoms with E-state index in [1.807, 2.05) is 0 Å². The van der Waals surface area contributed by atoms with E-state index >= 15 is 0 Å². The van der Waals surface area contributed by atoms with E-state index in [0.717, 1.165) is 25.9 Å². The van der Waals surface area contributed by atoms with Crippen LogP contribution < -0.4 is 4.72 Å². The summed E-state index contributed by atoms with van der Waals surface area (Å²) in [5.74, 6) is 0.0106. The molecule has 0 aliphatic carbocycles. The SMILES string of the molecule is CCN1CCCC1CNS(=O)(=O)c1ccc(C=O)o1. The molecule has 1 aromatic heterocycles. The number of hydrogen-bond donors (Lipinski definition) is 1. The van der Waals surface area contributed by atoms with Gasteiger partial charge in [0.25, 0.3) is 10.0 Å². The second-order valence-electron chi connectivity index (χ2n) is 4.55. The molecule has 7 heteroatoms. The normalized spacial score (nSPS) is 20.8. The minimum Gasteiger partial charge on any atom is -0.440 e. The molecule has 2 heterocycles. The van der Waals surface area contributed by atoms with Gasteiger partial charge in [-0.15, -0.1) is 0 Å². The third kappa shape index (κ3) is 3.23. The molecule has 106 valence electrons. The van der Waals surface area contributed by atoms with E-state index in [0.29, 0.717) is 12.8 Å². The lowest BCUT2D eigenvalue weighted by Crippen LogP contribution is -2.39. The molecule has 0 saturated carbocycles. The molecule has 19 heavy (non-hydrogen) atoms. The van der Waals surface area contributed by atoms with E-state index in [9.17, 15) is 13.2 Å². The number of aldehydes is 1. The Balaban J connectivity index is 1.99. The fourth-order valence-electron chi connectivity index (χ4n) is 2.36. The van der Waals surface area contributed by atoms with Gasteiger partial charge in [0, 0.05) is 12.6 Å². The van der Waals surface area contributed by atoms with E-state index in [2.05, 4.69) is 16.5 Å². The van der Waals surface area contributed by atoms with Crippen LogP contribution in [-0.4, -0.2) is 45.3 Å². The van der Waals surface area contributed by atoms with Crippen LogP contribution in [0.4, 0.5) is 0 Å². The van der Waals surface area contributed by atoms with Crippen LogP contribution in [0.1, 0.15) is 30.3 Å². The van der Waals surface area contributed by atoms with E-state index in [1.165, 1.54) is 12.1 Å². The lowest BCUT2D eigenvalue weighted by atomic mass is 10.2. The summed E-state index contributed by atoms with van der Waals surface area (Å²) in [5, 5.41) is -0.212. The first-order valence-corrected chi connectivity index (χ1v) is 7.84. The van der Waals surface area contributed by atoms with Gasteiger partial charge in [0.1, 0.15) is 0 Å². The van der Waals surface area contributed by atoms with Gasteiger partial charge in [0.05, 0.1) is 0 Å². The first-order chi connectivity index (χ1) is 9.06. The van der Waals surface area contributed by atoms with Gasteiger partial charge >= 0.3 is 0 Å². The molecule has 0 spiro atoms. The number of rotatable bonds is 6. The Kier molecular flexibility index (Phi) is 4.38. The number of nitrogens with one attached hydrogen (secondary N) is 1. The fourth-order valence-corrected chi connectivity index (χ4v) is 3.37. The van der Waals surface area contributed by atoms with Crippen LogP contribution in [0.25, 0.3) is 0 Å². The summed E-state index contributed by atoms with van der Waals surface area (Å²) in [6.07, 6.45) is 2.57. The highest BCUT2D eigenvalue weighted by Crippen LogP contribution is 2.17. The number of carbonyl (C=O) groups excluding carboxylic acids is 1. The van der Waals surface area contributed by atoms with E-state index in [-0.39, 0.29) is 16.9 Å². The predicted molar refractivity (Wildman–Crippen MR) is 69.6 cm³/mol. The number of sulfonamides is 1. The molecule has 0 bridgehead atoms. The minimum atomic E-state index is -3.67. The number of likely N-dealkylation sites (tertiary alicyclic amines) is 1. The Labute approximate surface area is 112 Å². The van der Waals surface area contributed by atoms with Gasteiger partial charge in [0.2, 0.25) is 5.09 Å². The summed E-state index contributed by atoms with van der Waals surface area (Å²) < 4.78 is 31.4. The van der Waals surface area contributed by atoms with Crippen LogP contribution in [0.2, 0.25) is 0 Å². The Morgan fingerprint density at radius 3 is 2.95 bits per heavy atom. The van der Waals surface area contributed by atoms with Crippen LogP contribution in [0.15, 0.2) is 21.6 Å². The van der Waals surface area contributed by atoms with Crippen molar-refractivity contribution >= 4 is 16.3 Å². The molecule has 0 radical (unpaired) electrons. The first-order valence-electron chi connectivity index (χ1n) is 6.35. The van der Waals surface area contributed by atoms with E-state index in [1.54, 1.807) is 0 Å². The Morgan fingerprint density at radius 1 is 1.53 bits per heavy atom. The van der Waals surface area contributed by atoms with Crippen molar-refractivity contribution in [3.63, 3.8) is 0 Å². The molecule has 1 aliphatic heterocycles. The molecule has 0 amide bonds. The maximum Gasteiger partial charge on any atom is 0.274 e. The number of nitrogens with zero attached hydrogens (tertiary/aromatic N) is 1. The molecule has 0 aromatic carbocycles. The summed E-state index contributed by atoms with van der Waals surface area (Å²) in [5.41, 5.74) is 0. The molecule has 1 saturated heterocycles. The third-order valence-electron chi connectivity index (χ3n) is 3.40. The molecule has 1 unspecified atom stereocenters. The van der Waals surface area contributed by atoms with Crippen molar-refractivity contribution in [2.24, 2.45) is 0 Å². The minimum absolute atomic E-state index is 0.0106. The third-order valence-corrected chi connectivity index (χ3v) is 4.69. The van der Waals surface area contributed by atoms with Crippen LogP contribution >= 0.6 is 0 Å². The molecule has 1 aliphatic rings. The summed E-state index contributed by atoms with van der Waals surface area (Å²) in [7, 11) is -3.67. The zero-order chi connectivity index (χ0) is 13.9. The van der Waals surface area contributed by atoms with Crippen LogP contribution in [0.3, 0.4) is 0 Å². The Bertz CT molecular complexity index is 538. The Hall–Kier alpha value is -1.18. The molecule has 2 rings (SSSR count). The van der Waals surface area contributed by atoms with Gasteiger partial charge in [-0.2, -0.15) is 0 Å². The van der Waals surface area contributed by atoms with Crippen LogP contribution in [-0.2, 0) is 10.0 Å². The van der Waals surface area contributed by atoms with E-state index in [4.69, 9.17) is 4.42 Å². The molecule has 1 aromatic rings. The summed E-state index contributed by atoms with van der Waals surface area (Å²) in [4.78, 5) is 12.7. The molecule has 1 N–H and O–H groups in total. The van der Waals surface area contributed by atoms with Gasteiger partial charge in [-0.3, -0.25) is 9.69 Å². The van der Waals surface area contributed by atoms with Crippen molar-refractivity contribution in [3.8, 4) is 0 Å². The second-order valence-corrected chi connectivity index (χ2v) is 6.25. The topological polar surface area (TPSA) is 79.6 Å². The highest BCUT2D eigenvalue weighted by Gasteiger charge is 2.26. The largest absolute Gasteiger partial charge is 0.440 e. The highest BCUT2D eigenvalue weighted by molar-refractivity contribution is 7.89. The van der Waals surface area contributed by atoms with Crippen molar-refractivity contribution in [1.82, 2.24) is 9.62 Å². The maximum atomic E-state index is 12.0. The average Bonchev–Trinajstić information content (AvgIpc) is 3.05. The van der Waals surface area contributed by atoms with Crippen molar-refractivity contribution in [2.75, 3.05) is 19.6 Å². The van der Waals surface area contributed by atoms with Crippen molar-refractivity contribution in [2.45, 2.75) is 30.9 Å². The van der Waals surface area contributed by atoms with Gasteiger partial charge in [0.15, 0.2) is 12.0 Å². The smallest absolute Gasteiger partial charge is 0.274 e. The zero-order valence-electron chi connectivity index (χ0n) is 10.8. The maximum absolute atomic E-state index is 12.0. The molecular weight excluding hydrogens is 268 g/mol. The lowest BCUT2D eigenvalue weighted by Gasteiger charge is -2.22. The summed E-state index contributed by atoms with van der Waals surface area (Å²) in [6, 6.07) is 2.87. The molecule has 6 nitrogen and oxygen atoms in total. The lowest BCUT2D eigenvalue weighted by molar-refractivity contribution is 0.109. The van der Waals surface area contributed by atoms with Gasteiger partial charge in [-0.25, -0.2) is 13.1 Å². The summed E-state index contributed by atoms with van der Waals surface area (Å²) in [6.45, 7) is 4.37. The molecular formula is C12H18N2O4S. The number of furan rings is 1.